The van der Waals surface area contributed by atoms with Gasteiger partial charge in [-0.2, -0.15) is 0 Å². The molecule has 2 heterocycles. The van der Waals surface area contributed by atoms with Crippen LogP contribution >= 0.6 is 11.6 Å². The minimum Gasteiger partial charge on any atom is -0.464 e. The van der Waals surface area contributed by atoms with Gasteiger partial charge in [0.15, 0.2) is 0 Å². The molecular weight excluding hydrogens is 266 g/mol. The zero-order valence-corrected chi connectivity index (χ0v) is 11.6. The molecule has 0 atom stereocenters. The Bertz CT molecular complexity index is 629. The molecule has 0 bridgehead atoms. The standard InChI is InChI=1S/C13H14ClN3O2/c1-13(2,3)8-5-7-17(12(18)19)10(8)9-4-6-15-11(14)16-9/h4-7H,1-3H3,(H,18,19). The molecule has 1 N–H and O–H groups in total. The molecule has 100 valence electrons. The van der Waals surface area contributed by atoms with Gasteiger partial charge < -0.3 is 5.11 Å². The highest BCUT2D eigenvalue weighted by molar-refractivity contribution is 6.28. The van der Waals surface area contributed by atoms with Gasteiger partial charge in [-0.15, -0.1) is 0 Å². The van der Waals surface area contributed by atoms with Crippen LogP contribution in [0.15, 0.2) is 24.5 Å². The van der Waals surface area contributed by atoms with Crippen molar-refractivity contribution in [3.63, 3.8) is 0 Å². The molecule has 0 amide bonds. The van der Waals surface area contributed by atoms with Crippen LogP contribution in [0, 0.1) is 0 Å². The van der Waals surface area contributed by atoms with Crippen molar-refractivity contribution in [3.8, 4) is 11.4 Å². The second kappa shape index (κ2) is 4.66. The lowest BCUT2D eigenvalue weighted by atomic mass is 9.86. The third-order valence-electron chi connectivity index (χ3n) is 2.77. The molecule has 2 aromatic rings. The summed E-state index contributed by atoms with van der Waals surface area (Å²) in [4.78, 5) is 19.2. The van der Waals surface area contributed by atoms with Crippen molar-refractivity contribution in [3.05, 3.63) is 35.4 Å². The van der Waals surface area contributed by atoms with Gasteiger partial charge in [0.1, 0.15) is 0 Å². The molecular formula is C13H14ClN3O2. The maximum Gasteiger partial charge on any atom is 0.416 e. The average Bonchev–Trinajstić information content (AvgIpc) is 2.72. The Balaban J connectivity index is 2.72. The van der Waals surface area contributed by atoms with Crippen LogP contribution in [0.1, 0.15) is 26.3 Å². The first-order valence-corrected chi connectivity index (χ1v) is 6.12. The van der Waals surface area contributed by atoms with E-state index in [9.17, 15) is 9.90 Å². The second-order valence-electron chi connectivity index (χ2n) is 5.19. The molecule has 0 aromatic carbocycles. The zero-order valence-electron chi connectivity index (χ0n) is 10.9. The summed E-state index contributed by atoms with van der Waals surface area (Å²) in [5, 5.41) is 9.35. The second-order valence-corrected chi connectivity index (χ2v) is 5.53. The number of hydrogen-bond acceptors (Lipinski definition) is 3. The van der Waals surface area contributed by atoms with Crippen molar-refractivity contribution in [1.82, 2.24) is 14.5 Å². The molecule has 2 aromatic heterocycles. The molecule has 19 heavy (non-hydrogen) atoms. The van der Waals surface area contributed by atoms with Crippen molar-refractivity contribution in [2.75, 3.05) is 0 Å². The number of carbonyl (C=O) groups is 1. The van der Waals surface area contributed by atoms with E-state index in [1.807, 2.05) is 20.8 Å². The Morgan fingerprint density at radius 2 is 2.05 bits per heavy atom. The van der Waals surface area contributed by atoms with E-state index in [1.165, 1.54) is 12.4 Å². The summed E-state index contributed by atoms with van der Waals surface area (Å²) in [7, 11) is 0. The van der Waals surface area contributed by atoms with Crippen LogP contribution in [0.2, 0.25) is 5.28 Å². The Morgan fingerprint density at radius 1 is 1.37 bits per heavy atom. The highest BCUT2D eigenvalue weighted by Gasteiger charge is 2.25. The summed E-state index contributed by atoms with van der Waals surface area (Å²) in [5.74, 6) is 0. The summed E-state index contributed by atoms with van der Waals surface area (Å²) in [6.45, 7) is 6.04. The molecule has 5 nitrogen and oxygen atoms in total. The van der Waals surface area contributed by atoms with E-state index < -0.39 is 6.09 Å². The number of rotatable bonds is 1. The zero-order chi connectivity index (χ0) is 14.2. The molecule has 0 aliphatic carbocycles. The number of nitrogens with zero attached hydrogens (tertiary/aromatic N) is 3. The van der Waals surface area contributed by atoms with Gasteiger partial charge in [0, 0.05) is 12.4 Å². The number of aromatic nitrogens is 3. The Morgan fingerprint density at radius 3 is 2.58 bits per heavy atom. The van der Waals surface area contributed by atoms with Crippen LogP contribution in [0.4, 0.5) is 4.79 Å². The van der Waals surface area contributed by atoms with Gasteiger partial charge in [-0.1, -0.05) is 20.8 Å². The highest BCUT2D eigenvalue weighted by atomic mass is 35.5. The molecule has 0 saturated carbocycles. The van der Waals surface area contributed by atoms with Crippen molar-refractivity contribution in [2.24, 2.45) is 0 Å². The molecule has 0 unspecified atom stereocenters. The first-order valence-electron chi connectivity index (χ1n) is 5.75. The summed E-state index contributed by atoms with van der Waals surface area (Å²) in [5.41, 5.74) is 1.72. The number of hydrogen-bond donors (Lipinski definition) is 1. The molecule has 0 saturated heterocycles. The van der Waals surface area contributed by atoms with Crippen LogP contribution in [-0.4, -0.2) is 25.7 Å². The van der Waals surface area contributed by atoms with Crippen molar-refractivity contribution in [1.29, 1.82) is 0 Å². The monoisotopic (exact) mass is 279 g/mol. The van der Waals surface area contributed by atoms with E-state index >= 15 is 0 Å². The highest BCUT2D eigenvalue weighted by Crippen LogP contribution is 2.33. The number of carboxylic acid groups (broad SMARTS) is 1. The maximum absolute atomic E-state index is 11.3. The fourth-order valence-electron chi connectivity index (χ4n) is 1.93. The predicted octanol–water partition coefficient (Wildman–Crippen LogP) is 3.42. The first kappa shape index (κ1) is 13.5. The maximum atomic E-state index is 11.3. The lowest BCUT2D eigenvalue weighted by Gasteiger charge is -2.20. The smallest absolute Gasteiger partial charge is 0.416 e. The minimum absolute atomic E-state index is 0.0931. The molecule has 0 fully saturated rings. The van der Waals surface area contributed by atoms with Crippen molar-refractivity contribution in [2.45, 2.75) is 26.2 Å². The Hall–Kier alpha value is -1.88. The van der Waals surface area contributed by atoms with Gasteiger partial charge in [0.25, 0.3) is 0 Å². The lowest BCUT2D eigenvalue weighted by Crippen LogP contribution is -2.15. The van der Waals surface area contributed by atoms with Crippen molar-refractivity contribution < 1.29 is 9.90 Å². The first-order chi connectivity index (χ1) is 8.80. The van der Waals surface area contributed by atoms with Gasteiger partial charge in [-0.05, 0) is 34.7 Å². The third-order valence-corrected chi connectivity index (χ3v) is 2.95. The SMILES string of the molecule is CC(C)(C)c1ccn(C(=O)O)c1-c1ccnc(Cl)n1. The molecule has 0 aliphatic rings. The van der Waals surface area contributed by atoms with Gasteiger partial charge in [-0.25, -0.2) is 14.8 Å². The van der Waals surface area contributed by atoms with E-state index in [0.717, 1.165) is 10.1 Å². The molecule has 6 heteroatoms. The minimum atomic E-state index is -1.06. The summed E-state index contributed by atoms with van der Waals surface area (Å²) in [6.07, 6.45) is 1.98. The van der Waals surface area contributed by atoms with Gasteiger partial charge >= 0.3 is 6.09 Å². The van der Waals surface area contributed by atoms with Gasteiger partial charge in [-0.3, -0.25) is 4.57 Å². The van der Waals surface area contributed by atoms with Crippen LogP contribution in [0.25, 0.3) is 11.4 Å². The van der Waals surface area contributed by atoms with Crippen LogP contribution in [0.3, 0.4) is 0 Å². The van der Waals surface area contributed by atoms with Gasteiger partial charge in [0.05, 0.1) is 11.4 Å². The average molecular weight is 280 g/mol. The molecule has 0 spiro atoms. The van der Waals surface area contributed by atoms with E-state index in [2.05, 4.69) is 9.97 Å². The fraction of sp³-hybridized carbons (Fsp3) is 0.308. The summed E-state index contributed by atoms with van der Waals surface area (Å²) >= 11 is 5.78. The van der Waals surface area contributed by atoms with E-state index in [1.54, 1.807) is 12.1 Å². The van der Waals surface area contributed by atoms with E-state index in [-0.39, 0.29) is 10.7 Å². The molecule has 2 rings (SSSR count). The van der Waals surface area contributed by atoms with Crippen LogP contribution in [0.5, 0.6) is 0 Å². The third kappa shape index (κ3) is 2.61. The number of halogens is 1. The van der Waals surface area contributed by atoms with Crippen molar-refractivity contribution >= 4 is 17.7 Å². The summed E-state index contributed by atoms with van der Waals surface area (Å²) in [6, 6.07) is 3.44. The summed E-state index contributed by atoms with van der Waals surface area (Å²) < 4.78 is 1.15. The van der Waals surface area contributed by atoms with E-state index in [0.29, 0.717) is 11.4 Å². The van der Waals surface area contributed by atoms with Gasteiger partial charge in [0.2, 0.25) is 5.28 Å². The fourth-order valence-corrected chi connectivity index (χ4v) is 2.07. The lowest BCUT2D eigenvalue weighted by molar-refractivity contribution is 0.196. The largest absolute Gasteiger partial charge is 0.464 e. The van der Waals surface area contributed by atoms with E-state index in [4.69, 9.17) is 11.6 Å². The quantitative estimate of drug-likeness (QED) is 0.812. The molecule has 0 radical (unpaired) electrons. The normalized spacial score (nSPS) is 11.6. The predicted molar refractivity (Wildman–Crippen MR) is 72.6 cm³/mol. The van der Waals surface area contributed by atoms with Crippen LogP contribution < -0.4 is 0 Å². The Kier molecular flexibility index (Phi) is 3.32. The topological polar surface area (TPSA) is 68.0 Å². The Labute approximate surface area is 115 Å². The molecule has 0 aliphatic heterocycles. The van der Waals surface area contributed by atoms with Crippen LogP contribution in [-0.2, 0) is 5.41 Å².